The number of thioether (sulfide) groups is 1. The van der Waals surface area contributed by atoms with Gasteiger partial charge in [-0.15, -0.1) is 5.10 Å². The predicted molar refractivity (Wildman–Crippen MR) is 78.3 cm³/mol. The highest BCUT2D eigenvalue weighted by Crippen LogP contribution is 2.18. The van der Waals surface area contributed by atoms with Crippen LogP contribution in [0.5, 0.6) is 0 Å². The van der Waals surface area contributed by atoms with Crippen LogP contribution in [0.3, 0.4) is 0 Å². The monoisotopic (exact) mass is 302 g/mol. The van der Waals surface area contributed by atoms with Gasteiger partial charge in [-0.3, -0.25) is 9.36 Å². The highest BCUT2D eigenvalue weighted by molar-refractivity contribution is 7.99. The summed E-state index contributed by atoms with van der Waals surface area (Å²) in [7, 11) is 0. The largest absolute Gasteiger partial charge is 0.480 e. The number of nitrogens with zero attached hydrogens (tertiary/aromatic N) is 2. The van der Waals surface area contributed by atoms with E-state index in [2.05, 4.69) is 15.5 Å². The number of H-pyrrole nitrogens is 1. The van der Waals surface area contributed by atoms with Crippen molar-refractivity contribution in [1.82, 2.24) is 20.1 Å². The molecule has 1 aromatic heterocycles. The van der Waals surface area contributed by atoms with Crippen molar-refractivity contribution in [3.8, 4) is 0 Å². The molecule has 114 valence electrons. The SMILES string of the molecule is CC(C)NC(CCSc1n[nH]c(=O)n1C(C)C)C(=O)O. The molecule has 20 heavy (non-hydrogen) atoms. The van der Waals surface area contributed by atoms with Crippen molar-refractivity contribution < 1.29 is 9.90 Å². The Kier molecular flexibility index (Phi) is 6.28. The molecule has 0 fully saturated rings. The number of carbonyl (C=O) groups is 1. The maximum absolute atomic E-state index is 11.6. The molecule has 0 radical (unpaired) electrons. The van der Waals surface area contributed by atoms with E-state index in [0.717, 1.165) is 0 Å². The van der Waals surface area contributed by atoms with Gasteiger partial charge >= 0.3 is 11.7 Å². The highest BCUT2D eigenvalue weighted by atomic mass is 32.2. The maximum Gasteiger partial charge on any atom is 0.344 e. The van der Waals surface area contributed by atoms with Crippen LogP contribution in [0.4, 0.5) is 0 Å². The minimum Gasteiger partial charge on any atom is -0.480 e. The Morgan fingerprint density at radius 3 is 2.60 bits per heavy atom. The third kappa shape index (κ3) is 4.68. The Morgan fingerprint density at radius 1 is 1.45 bits per heavy atom. The summed E-state index contributed by atoms with van der Waals surface area (Å²) in [5.41, 5.74) is -0.238. The lowest BCUT2D eigenvalue weighted by Crippen LogP contribution is -2.41. The molecule has 8 heteroatoms. The van der Waals surface area contributed by atoms with Gasteiger partial charge in [-0.2, -0.15) is 0 Å². The van der Waals surface area contributed by atoms with Gasteiger partial charge in [-0.1, -0.05) is 25.6 Å². The lowest BCUT2D eigenvalue weighted by Gasteiger charge is -2.17. The molecule has 0 bridgehead atoms. The summed E-state index contributed by atoms with van der Waals surface area (Å²) in [5, 5.41) is 19.1. The minimum absolute atomic E-state index is 0.0211. The maximum atomic E-state index is 11.6. The summed E-state index contributed by atoms with van der Waals surface area (Å²) in [6.07, 6.45) is 0.470. The molecular formula is C12H22N4O3S. The van der Waals surface area contributed by atoms with Crippen molar-refractivity contribution in [3.05, 3.63) is 10.5 Å². The molecular weight excluding hydrogens is 280 g/mol. The van der Waals surface area contributed by atoms with Gasteiger partial charge in [-0.25, -0.2) is 9.89 Å². The number of aromatic amines is 1. The van der Waals surface area contributed by atoms with Gasteiger partial charge in [0.1, 0.15) is 6.04 Å². The molecule has 1 atom stereocenters. The van der Waals surface area contributed by atoms with Crippen molar-refractivity contribution in [1.29, 1.82) is 0 Å². The topological polar surface area (TPSA) is 100 Å². The van der Waals surface area contributed by atoms with Gasteiger partial charge in [-0.05, 0) is 20.3 Å². The molecule has 3 N–H and O–H groups in total. The van der Waals surface area contributed by atoms with E-state index in [-0.39, 0.29) is 17.8 Å². The Hall–Kier alpha value is -1.28. The Bertz CT molecular complexity index is 495. The normalized spacial score (nSPS) is 13.1. The minimum atomic E-state index is -0.859. The number of carboxylic acids is 1. The van der Waals surface area contributed by atoms with Crippen LogP contribution in [0.1, 0.15) is 40.2 Å². The molecule has 0 aliphatic carbocycles. The smallest absolute Gasteiger partial charge is 0.344 e. The lowest BCUT2D eigenvalue weighted by molar-refractivity contribution is -0.139. The molecule has 1 aromatic rings. The molecule has 1 heterocycles. The zero-order chi connectivity index (χ0) is 15.3. The molecule has 0 amide bonds. The van der Waals surface area contributed by atoms with E-state index in [1.165, 1.54) is 11.8 Å². The first kappa shape index (κ1) is 16.8. The van der Waals surface area contributed by atoms with Crippen molar-refractivity contribution >= 4 is 17.7 Å². The first-order valence-electron chi connectivity index (χ1n) is 6.61. The van der Waals surface area contributed by atoms with Gasteiger partial charge in [0, 0.05) is 17.8 Å². The molecule has 1 rings (SSSR count). The fourth-order valence-electron chi connectivity index (χ4n) is 1.80. The standard InChI is InChI=1S/C12H22N4O3S/c1-7(2)13-9(10(17)18)5-6-20-12-15-14-11(19)16(12)8(3)4/h7-9,13H,5-6H2,1-4H3,(H,14,19)(H,17,18). The van der Waals surface area contributed by atoms with Crippen molar-refractivity contribution in [2.45, 2.75) is 57.4 Å². The van der Waals surface area contributed by atoms with Crippen LogP contribution < -0.4 is 11.0 Å². The van der Waals surface area contributed by atoms with Crippen LogP contribution in [0.25, 0.3) is 0 Å². The molecule has 7 nitrogen and oxygen atoms in total. The molecule has 0 saturated carbocycles. The van der Waals surface area contributed by atoms with E-state index in [4.69, 9.17) is 5.11 Å². The number of rotatable bonds is 8. The number of aromatic nitrogens is 3. The number of hydrogen-bond acceptors (Lipinski definition) is 5. The number of aliphatic carboxylic acids is 1. The predicted octanol–water partition coefficient (Wildman–Crippen LogP) is 1.09. The average Bonchev–Trinajstić information content (AvgIpc) is 2.68. The summed E-state index contributed by atoms with van der Waals surface area (Å²) >= 11 is 1.39. The molecule has 0 aromatic carbocycles. The second kappa shape index (κ2) is 7.49. The summed E-state index contributed by atoms with van der Waals surface area (Å²) in [4.78, 5) is 22.7. The summed E-state index contributed by atoms with van der Waals surface area (Å²) in [5.74, 6) is -0.282. The molecule has 0 saturated heterocycles. The van der Waals surface area contributed by atoms with Gasteiger partial charge in [0.2, 0.25) is 0 Å². The summed E-state index contributed by atoms with van der Waals surface area (Å²) in [6, 6.07) is -0.450. The highest BCUT2D eigenvalue weighted by Gasteiger charge is 2.19. The van der Waals surface area contributed by atoms with Crippen LogP contribution in [-0.4, -0.2) is 43.7 Å². The molecule has 0 aliphatic rings. The molecule has 0 aliphatic heterocycles. The first-order chi connectivity index (χ1) is 9.32. The zero-order valence-corrected chi connectivity index (χ0v) is 13.0. The Morgan fingerprint density at radius 2 is 2.10 bits per heavy atom. The van der Waals surface area contributed by atoms with E-state index in [1.807, 2.05) is 27.7 Å². The van der Waals surface area contributed by atoms with Crippen molar-refractivity contribution in [2.24, 2.45) is 0 Å². The zero-order valence-electron chi connectivity index (χ0n) is 12.2. The third-order valence-electron chi connectivity index (χ3n) is 2.66. The fraction of sp³-hybridized carbons (Fsp3) is 0.750. The van der Waals surface area contributed by atoms with Crippen LogP contribution in [0.2, 0.25) is 0 Å². The molecule has 0 spiro atoms. The quantitative estimate of drug-likeness (QED) is 0.621. The van der Waals surface area contributed by atoms with Crippen LogP contribution in [-0.2, 0) is 4.79 Å². The van der Waals surface area contributed by atoms with E-state index < -0.39 is 12.0 Å². The van der Waals surface area contributed by atoms with E-state index in [9.17, 15) is 9.59 Å². The average molecular weight is 302 g/mol. The Balaban J connectivity index is 2.59. The second-order valence-electron chi connectivity index (χ2n) is 5.12. The van der Waals surface area contributed by atoms with E-state index in [0.29, 0.717) is 17.3 Å². The van der Waals surface area contributed by atoms with Crippen LogP contribution >= 0.6 is 11.8 Å². The van der Waals surface area contributed by atoms with Gasteiger partial charge in [0.25, 0.3) is 0 Å². The number of nitrogens with one attached hydrogen (secondary N) is 2. The molecule has 1 unspecified atom stereocenters. The number of carboxylic acid groups (broad SMARTS) is 1. The van der Waals surface area contributed by atoms with Crippen molar-refractivity contribution in [2.75, 3.05) is 5.75 Å². The summed E-state index contributed by atoms with van der Waals surface area (Å²) < 4.78 is 1.57. The fourth-order valence-corrected chi connectivity index (χ4v) is 2.88. The van der Waals surface area contributed by atoms with Crippen LogP contribution in [0, 0.1) is 0 Å². The van der Waals surface area contributed by atoms with Gasteiger partial charge in [0.15, 0.2) is 5.16 Å². The van der Waals surface area contributed by atoms with Crippen LogP contribution in [0.15, 0.2) is 9.95 Å². The van der Waals surface area contributed by atoms with E-state index >= 15 is 0 Å². The Labute approximate surface area is 122 Å². The van der Waals surface area contributed by atoms with E-state index in [1.54, 1.807) is 4.57 Å². The van der Waals surface area contributed by atoms with Gasteiger partial charge < -0.3 is 10.4 Å². The summed E-state index contributed by atoms with van der Waals surface area (Å²) in [6.45, 7) is 7.63. The number of hydrogen-bond donors (Lipinski definition) is 3. The lowest BCUT2D eigenvalue weighted by atomic mass is 10.2. The third-order valence-corrected chi connectivity index (χ3v) is 3.64. The van der Waals surface area contributed by atoms with Gasteiger partial charge in [0.05, 0.1) is 0 Å². The second-order valence-corrected chi connectivity index (χ2v) is 6.19. The van der Waals surface area contributed by atoms with Crippen molar-refractivity contribution in [3.63, 3.8) is 0 Å². The first-order valence-corrected chi connectivity index (χ1v) is 7.60.